The van der Waals surface area contributed by atoms with Crippen LogP contribution in [0.2, 0.25) is 0 Å². The van der Waals surface area contributed by atoms with Gasteiger partial charge in [0.2, 0.25) is 11.8 Å². The topological polar surface area (TPSA) is 50.8 Å². The molecule has 0 radical (unpaired) electrons. The molecule has 2 heterocycles. The quantitative estimate of drug-likeness (QED) is 0.841. The first kappa shape index (κ1) is 10.9. The maximum absolute atomic E-state index is 12.9. The van der Waals surface area contributed by atoms with Crippen LogP contribution in [0, 0.1) is 12.7 Å². The highest BCUT2D eigenvalue weighted by Crippen LogP contribution is 2.23. The molecule has 0 fully saturated rings. The van der Waals surface area contributed by atoms with Gasteiger partial charge in [0.25, 0.3) is 0 Å². The summed E-state index contributed by atoms with van der Waals surface area (Å²) in [6, 6.07) is 3.00. The Balaban J connectivity index is 2.27. The number of aromatic nitrogens is 3. The smallest absolute Gasteiger partial charge is 0.240 e. The van der Waals surface area contributed by atoms with E-state index in [0.29, 0.717) is 11.4 Å². The predicted molar refractivity (Wildman–Crippen MR) is 57.2 cm³/mol. The predicted octanol–water partition coefficient (Wildman–Crippen LogP) is 2.78. The molecule has 2 aromatic heterocycles. The summed E-state index contributed by atoms with van der Waals surface area (Å²) >= 11 is 5.66. The van der Waals surface area contributed by atoms with E-state index in [1.165, 1.54) is 6.07 Å². The van der Waals surface area contributed by atoms with Gasteiger partial charge in [-0.25, -0.2) is 9.37 Å². The number of pyridine rings is 1. The van der Waals surface area contributed by atoms with Crippen molar-refractivity contribution in [3.8, 4) is 11.8 Å². The Morgan fingerprint density at radius 3 is 2.94 bits per heavy atom. The summed E-state index contributed by atoms with van der Waals surface area (Å²) in [6.07, 6.45) is 1.07. The summed E-state index contributed by atoms with van der Waals surface area (Å²) in [7, 11) is 0. The molecule has 0 saturated heterocycles. The van der Waals surface area contributed by atoms with E-state index in [2.05, 4.69) is 15.2 Å². The average Bonchev–Trinajstić information content (AvgIpc) is 2.67. The van der Waals surface area contributed by atoms with Crippen LogP contribution in [0.25, 0.3) is 0 Å². The van der Waals surface area contributed by atoms with Crippen LogP contribution >= 0.6 is 11.6 Å². The normalized spacial score (nSPS) is 10.4. The Hall–Kier alpha value is -1.62. The standard InChI is InChI=1S/C10H9ClFN3O/c1-6-2-9(15-14-6)16-10-7(4-11)3-8(12)5-13-10/h2-3,5H,4H2,1H3,(H,14,15). The van der Waals surface area contributed by atoms with Gasteiger partial charge in [0.05, 0.1) is 12.1 Å². The summed E-state index contributed by atoms with van der Waals surface area (Å²) < 4.78 is 18.3. The molecular weight excluding hydrogens is 233 g/mol. The van der Waals surface area contributed by atoms with Crippen molar-refractivity contribution >= 4 is 11.6 Å². The molecule has 0 aliphatic rings. The van der Waals surface area contributed by atoms with E-state index in [1.807, 2.05) is 6.92 Å². The van der Waals surface area contributed by atoms with Crippen LogP contribution in [0.5, 0.6) is 11.8 Å². The molecule has 0 unspecified atom stereocenters. The van der Waals surface area contributed by atoms with Crippen molar-refractivity contribution in [2.24, 2.45) is 0 Å². The van der Waals surface area contributed by atoms with Crippen LogP contribution in [0.4, 0.5) is 4.39 Å². The maximum Gasteiger partial charge on any atom is 0.240 e. The lowest BCUT2D eigenvalue weighted by atomic mass is 10.3. The van der Waals surface area contributed by atoms with Crippen LogP contribution in [0.3, 0.4) is 0 Å². The zero-order chi connectivity index (χ0) is 11.5. The minimum atomic E-state index is -0.443. The number of nitrogens with zero attached hydrogens (tertiary/aromatic N) is 2. The van der Waals surface area contributed by atoms with Gasteiger partial charge in [-0.15, -0.1) is 16.7 Å². The van der Waals surface area contributed by atoms with Crippen molar-refractivity contribution < 1.29 is 9.13 Å². The number of aromatic amines is 1. The molecule has 2 aromatic rings. The highest BCUT2D eigenvalue weighted by atomic mass is 35.5. The highest BCUT2D eigenvalue weighted by Gasteiger charge is 2.09. The van der Waals surface area contributed by atoms with Crippen molar-refractivity contribution in [2.45, 2.75) is 12.8 Å². The lowest BCUT2D eigenvalue weighted by Crippen LogP contribution is -1.94. The molecule has 0 saturated carbocycles. The molecule has 6 heteroatoms. The number of alkyl halides is 1. The fourth-order valence-electron chi connectivity index (χ4n) is 1.20. The van der Waals surface area contributed by atoms with E-state index in [0.717, 1.165) is 11.9 Å². The highest BCUT2D eigenvalue weighted by molar-refractivity contribution is 6.17. The van der Waals surface area contributed by atoms with E-state index in [1.54, 1.807) is 6.07 Å². The summed E-state index contributed by atoms with van der Waals surface area (Å²) in [5.74, 6) is 0.329. The van der Waals surface area contributed by atoms with E-state index in [4.69, 9.17) is 16.3 Å². The molecule has 0 aromatic carbocycles. The molecule has 0 aliphatic heterocycles. The molecule has 0 spiro atoms. The first-order valence-electron chi connectivity index (χ1n) is 4.59. The third kappa shape index (κ3) is 2.30. The van der Waals surface area contributed by atoms with Gasteiger partial charge in [0, 0.05) is 17.3 Å². The van der Waals surface area contributed by atoms with Crippen molar-refractivity contribution in [1.29, 1.82) is 0 Å². The third-order valence-electron chi connectivity index (χ3n) is 1.92. The number of hydrogen-bond acceptors (Lipinski definition) is 3. The second kappa shape index (κ2) is 4.49. The van der Waals surface area contributed by atoms with Gasteiger partial charge in [-0.1, -0.05) is 0 Å². The first-order valence-corrected chi connectivity index (χ1v) is 5.12. The zero-order valence-corrected chi connectivity index (χ0v) is 9.25. The van der Waals surface area contributed by atoms with Crippen LogP contribution in [-0.4, -0.2) is 15.2 Å². The van der Waals surface area contributed by atoms with Crippen LogP contribution in [0.15, 0.2) is 18.3 Å². The summed E-state index contributed by atoms with van der Waals surface area (Å²) in [4.78, 5) is 3.82. The van der Waals surface area contributed by atoms with Gasteiger partial charge in [-0.05, 0) is 13.0 Å². The largest absolute Gasteiger partial charge is 0.419 e. The third-order valence-corrected chi connectivity index (χ3v) is 2.21. The van der Waals surface area contributed by atoms with Crippen LogP contribution < -0.4 is 4.74 Å². The summed E-state index contributed by atoms with van der Waals surface area (Å²) in [5.41, 5.74) is 1.35. The van der Waals surface area contributed by atoms with Gasteiger partial charge >= 0.3 is 0 Å². The first-order chi connectivity index (χ1) is 7.69. The molecule has 84 valence electrons. The van der Waals surface area contributed by atoms with Gasteiger partial charge in [-0.2, -0.15) is 0 Å². The Morgan fingerprint density at radius 1 is 1.50 bits per heavy atom. The molecule has 16 heavy (non-hydrogen) atoms. The lowest BCUT2D eigenvalue weighted by molar-refractivity contribution is 0.436. The Labute approximate surface area is 96.4 Å². The second-order valence-electron chi connectivity index (χ2n) is 3.24. The molecular formula is C10H9ClFN3O. The Kier molecular flexibility index (Phi) is 3.05. The van der Waals surface area contributed by atoms with Gasteiger partial charge in [-0.3, -0.25) is 5.10 Å². The maximum atomic E-state index is 12.9. The number of hydrogen-bond donors (Lipinski definition) is 1. The second-order valence-corrected chi connectivity index (χ2v) is 3.51. The number of aryl methyl sites for hydroxylation is 1. The van der Waals surface area contributed by atoms with Gasteiger partial charge in [0.15, 0.2) is 0 Å². The minimum Gasteiger partial charge on any atom is -0.419 e. The number of nitrogens with one attached hydrogen (secondary N) is 1. The molecule has 0 atom stereocenters. The number of rotatable bonds is 3. The van der Waals surface area contributed by atoms with Crippen molar-refractivity contribution in [3.63, 3.8) is 0 Å². The molecule has 0 bridgehead atoms. The lowest BCUT2D eigenvalue weighted by Gasteiger charge is -2.05. The summed E-state index contributed by atoms with van der Waals surface area (Å²) in [5, 5.41) is 6.61. The van der Waals surface area contributed by atoms with E-state index in [-0.39, 0.29) is 11.8 Å². The average molecular weight is 242 g/mol. The molecule has 0 aliphatic carbocycles. The monoisotopic (exact) mass is 241 g/mol. The molecule has 4 nitrogen and oxygen atoms in total. The summed E-state index contributed by atoms with van der Waals surface area (Å²) in [6.45, 7) is 1.85. The van der Waals surface area contributed by atoms with E-state index < -0.39 is 5.82 Å². The van der Waals surface area contributed by atoms with Crippen LogP contribution in [0.1, 0.15) is 11.3 Å². The van der Waals surface area contributed by atoms with Gasteiger partial charge in [0.1, 0.15) is 5.82 Å². The number of ether oxygens (including phenoxy) is 1. The van der Waals surface area contributed by atoms with Gasteiger partial charge < -0.3 is 4.74 Å². The Bertz CT molecular complexity index is 501. The molecule has 1 N–H and O–H groups in total. The van der Waals surface area contributed by atoms with Crippen molar-refractivity contribution in [3.05, 3.63) is 35.4 Å². The zero-order valence-electron chi connectivity index (χ0n) is 8.50. The van der Waals surface area contributed by atoms with Crippen molar-refractivity contribution in [1.82, 2.24) is 15.2 Å². The van der Waals surface area contributed by atoms with Crippen molar-refractivity contribution in [2.75, 3.05) is 0 Å². The fourth-order valence-corrected chi connectivity index (χ4v) is 1.39. The SMILES string of the molecule is Cc1cc(Oc2ncc(F)cc2CCl)n[nH]1. The number of H-pyrrole nitrogens is 1. The molecule has 0 amide bonds. The van der Waals surface area contributed by atoms with Crippen LogP contribution in [-0.2, 0) is 5.88 Å². The minimum absolute atomic E-state index is 0.128. The fraction of sp³-hybridized carbons (Fsp3) is 0.200. The Morgan fingerprint density at radius 2 is 2.31 bits per heavy atom. The number of halogens is 2. The van der Waals surface area contributed by atoms with E-state index >= 15 is 0 Å². The van der Waals surface area contributed by atoms with E-state index in [9.17, 15) is 4.39 Å². The molecule has 2 rings (SSSR count).